The first-order valence-electron chi connectivity index (χ1n) is 8.16. The molecule has 0 aromatic heterocycles. The summed E-state index contributed by atoms with van der Waals surface area (Å²) in [6.07, 6.45) is 0.619. The topological polar surface area (TPSA) is 69.7 Å². The number of amides is 1. The summed E-state index contributed by atoms with van der Waals surface area (Å²) in [6.45, 7) is 0.477. The molecule has 2 aromatic carbocycles. The minimum absolute atomic E-state index is 0.166. The lowest BCUT2D eigenvalue weighted by Crippen LogP contribution is -2.25. The average Bonchev–Trinajstić information content (AvgIpc) is 2.94. The van der Waals surface area contributed by atoms with Gasteiger partial charge in [-0.3, -0.25) is 9.10 Å². The van der Waals surface area contributed by atoms with Gasteiger partial charge in [-0.2, -0.15) is 0 Å². The Hall–Kier alpha value is -2.25. The van der Waals surface area contributed by atoms with Gasteiger partial charge in [0.05, 0.1) is 22.2 Å². The number of nitrogens with zero attached hydrogens (tertiary/aromatic N) is 2. The number of benzene rings is 2. The van der Waals surface area contributed by atoms with Gasteiger partial charge in [0.25, 0.3) is 5.91 Å². The quantitative estimate of drug-likeness (QED) is 0.866. The second kappa shape index (κ2) is 7.17. The Labute approximate surface area is 158 Å². The number of hydrogen-bond donors (Lipinski definition) is 1. The highest BCUT2D eigenvalue weighted by molar-refractivity contribution is 7.93. The number of carbonyl (C=O) groups excluding carboxylic acids is 1. The standard InChI is InChI=1S/C18H20ClN3O3S/c1-21(2)17-9-6-14(12-16(17)19)20-18(23)13-4-7-15(8-5-13)22-10-3-11-26(22,24)25/h4-9,12H,3,10-11H2,1-2H3,(H,20,23). The summed E-state index contributed by atoms with van der Waals surface area (Å²) in [5, 5.41) is 3.34. The van der Waals surface area contributed by atoms with E-state index in [2.05, 4.69) is 5.32 Å². The predicted octanol–water partition coefficient (Wildman–Crippen LogP) is 3.20. The van der Waals surface area contributed by atoms with Crippen molar-refractivity contribution < 1.29 is 13.2 Å². The van der Waals surface area contributed by atoms with Gasteiger partial charge in [0.15, 0.2) is 0 Å². The van der Waals surface area contributed by atoms with Gasteiger partial charge >= 0.3 is 0 Å². The Bertz CT molecular complexity index is 927. The molecule has 6 nitrogen and oxygen atoms in total. The van der Waals surface area contributed by atoms with E-state index in [4.69, 9.17) is 11.6 Å². The Morgan fingerprint density at radius 1 is 1.15 bits per heavy atom. The molecule has 2 aromatic rings. The highest BCUT2D eigenvalue weighted by Gasteiger charge is 2.28. The lowest BCUT2D eigenvalue weighted by Gasteiger charge is -2.17. The van der Waals surface area contributed by atoms with Crippen LogP contribution in [0, 0.1) is 0 Å². The number of carbonyl (C=O) groups is 1. The molecule has 1 aliphatic rings. The zero-order chi connectivity index (χ0) is 18.9. The molecule has 0 radical (unpaired) electrons. The van der Waals surface area contributed by atoms with Crippen LogP contribution in [0.4, 0.5) is 17.1 Å². The zero-order valence-electron chi connectivity index (χ0n) is 14.6. The first-order valence-corrected chi connectivity index (χ1v) is 10.2. The summed E-state index contributed by atoms with van der Waals surface area (Å²) in [4.78, 5) is 14.3. The fourth-order valence-corrected chi connectivity index (χ4v) is 4.77. The maximum absolute atomic E-state index is 12.4. The highest BCUT2D eigenvalue weighted by atomic mass is 35.5. The Balaban J connectivity index is 1.74. The fraction of sp³-hybridized carbons (Fsp3) is 0.278. The van der Waals surface area contributed by atoms with E-state index in [0.717, 1.165) is 5.69 Å². The molecule has 1 fully saturated rings. The van der Waals surface area contributed by atoms with Gasteiger partial charge < -0.3 is 10.2 Å². The molecule has 0 bridgehead atoms. The molecule has 8 heteroatoms. The molecule has 1 N–H and O–H groups in total. The molecule has 0 saturated carbocycles. The first-order chi connectivity index (χ1) is 12.3. The van der Waals surface area contributed by atoms with Crippen LogP contribution in [0.5, 0.6) is 0 Å². The van der Waals surface area contributed by atoms with E-state index in [-0.39, 0.29) is 11.7 Å². The van der Waals surface area contributed by atoms with Crippen molar-refractivity contribution in [3.63, 3.8) is 0 Å². The van der Waals surface area contributed by atoms with Crippen LogP contribution in [0.2, 0.25) is 5.02 Å². The number of anilines is 3. The third-order valence-electron chi connectivity index (χ3n) is 4.20. The van der Waals surface area contributed by atoms with Crippen LogP contribution in [0.25, 0.3) is 0 Å². The van der Waals surface area contributed by atoms with E-state index in [0.29, 0.717) is 34.9 Å². The maximum atomic E-state index is 12.4. The summed E-state index contributed by atoms with van der Waals surface area (Å²) >= 11 is 6.22. The van der Waals surface area contributed by atoms with Crippen LogP contribution in [0.1, 0.15) is 16.8 Å². The van der Waals surface area contributed by atoms with Crippen molar-refractivity contribution in [3.05, 3.63) is 53.1 Å². The van der Waals surface area contributed by atoms with Gasteiger partial charge in [0.1, 0.15) is 0 Å². The Morgan fingerprint density at radius 2 is 1.85 bits per heavy atom. The summed E-state index contributed by atoms with van der Waals surface area (Å²) in [5.74, 6) is -0.117. The monoisotopic (exact) mass is 393 g/mol. The molecule has 0 spiro atoms. The number of nitrogens with one attached hydrogen (secondary N) is 1. The van der Waals surface area contributed by atoms with Crippen LogP contribution in [-0.4, -0.2) is 40.7 Å². The summed E-state index contributed by atoms with van der Waals surface area (Å²) in [6, 6.07) is 11.9. The molecule has 138 valence electrons. The second-order valence-corrected chi connectivity index (χ2v) is 8.72. The van der Waals surface area contributed by atoms with Crippen molar-refractivity contribution in [3.8, 4) is 0 Å². The Kier molecular flexibility index (Phi) is 5.11. The lowest BCUT2D eigenvalue weighted by atomic mass is 10.2. The number of sulfonamides is 1. The minimum atomic E-state index is -3.22. The molecular formula is C18H20ClN3O3S. The molecule has 26 heavy (non-hydrogen) atoms. The number of rotatable bonds is 4. The van der Waals surface area contributed by atoms with Gasteiger partial charge in [-0.25, -0.2) is 8.42 Å². The Morgan fingerprint density at radius 3 is 2.38 bits per heavy atom. The summed E-state index contributed by atoms with van der Waals surface area (Å²) in [5.41, 5.74) is 2.48. The first kappa shape index (κ1) is 18.5. The van der Waals surface area contributed by atoms with Crippen LogP contribution in [0.15, 0.2) is 42.5 Å². The molecule has 1 saturated heterocycles. The van der Waals surface area contributed by atoms with Crippen LogP contribution in [-0.2, 0) is 10.0 Å². The van der Waals surface area contributed by atoms with E-state index < -0.39 is 10.0 Å². The van der Waals surface area contributed by atoms with Gasteiger partial charge in [0.2, 0.25) is 10.0 Å². The molecule has 0 aliphatic carbocycles. The average molecular weight is 394 g/mol. The molecule has 1 aliphatic heterocycles. The fourth-order valence-electron chi connectivity index (χ4n) is 2.86. The molecule has 0 atom stereocenters. The summed E-state index contributed by atoms with van der Waals surface area (Å²) < 4.78 is 25.3. The van der Waals surface area contributed by atoms with Gasteiger partial charge in [-0.05, 0) is 48.9 Å². The molecule has 0 unspecified atom stereocenters. The van der Waals surface area contributed by atoms with Crippen molar-refractivity contribution in [1.82, 2.24) is 0 Å². The van der Waals surface area contributed by atoms with E-state index in [1.807, 2.05) is 25.1 Å². The van der Waals surface area contributed by atoms with E-state index in [9.17, 15) is 13.2 Å². The molecule has 3 rings (SSSR count). The zero-order valence-corrected chi connectivity index (χ0v) is 16.1. The van der Waals surface area contributed by atoms with Crippen molar-refractivity contribution in [2.24, 2.45) is 0 Å². The van der Waals surface area contributed by atoms with Crippen LogP contribution >= 0.6 is 11.6 Å². The van der Waals surface area contributed by atoms with Gasteiger partial charge in [0, 0.05) is 31.9 Å². The van der Waals surface area contributed by atoms with Crippen molar-refractivity contribution in [2.75, 3.05) is 40.9 Å². The molecule has 1 heterocycles. The lowest BCUT2D eigenvalue weighted by molar-refractivity contribution is 0.102. The van der Waals surface area contributed by atoms with Crippen LogP contribution in [0.3, 0.4) is 0 Å². The van der Waals surface area contributed by atoms with Crippen molar-refractivity contribution in [1.29, 1.82) is 0 Å². The van der Waals surface area contributed by atoms with Gasteiger partial charge in [-0.15, -0.1) is 0 Å². The van der Waals surface area contributed by atoms with Crippen LogP contribution < -0.4 is 14.5 Å². The largest absolute Gasteiger partial charge is 0.376 e. The number of hydrogen-bond acceptors (Lipinski definition) is 4. The number of halogens is 1. The SMILES string of the molecule is CN(C)c1ccc(NC(=O)c2ccc(N3CCCS3(=O)=O)cc2)cc1Cl. The summed E-state index contributed by atoms with van der Waals surface area (Å²) in [7, 11) is 0.557. The van der Waals surface area contributed by atoms with E-state index >= 15 is 0 Å². The van der Waals surface area contributed by atoms with E-state index in [1.165, 1.54) is 4.31 Å². The maximum Gasteiger partial charge on any atom is 0.255 e. The third kappa shape index (κ3) is 3.78. The molecular weight excluding hydrogens is 374 g/mol. The predicted molar refractivity (Wildman–Crippen MR) is 106 cm³/mol. The van der Waals surface area contributed by atoms with Crippen molar-refractivity contribution in [2.45, 2.75) is 6.42 Å². The minimum Gasteiger partial charge on any atom is -0.376 e. The second-order valence-electron chi connectivity index (χ2n) is 6.30. The highest BCUT2D eigenvalue weighted by Crippen LogP contribution is 2.28. The normalized spacial score (nSPS) is 15.7. The van der Waals surface area contributed by atoms with Crippen molar-refractivity contribution >= 4 is 44.6 Å². The third-order valence-corrected chi connectivity index (χ3v) is 6.38. The van der Waals surface area contributed by atoms with E-state index in [1.54, 1.807) is 36.4 Å². The molecule has 1 amide bonds. The van der Waals surface area contributed by atoms with Gasteiger partial charge in [-0.1, -0.05) is 11.6 Å². The smallest absolute Gasteiger partial charge is 0.255 e.